The van der Waals surface area contributed by atoms with Crippen LogP contribution >= 0.6 is 0 Å². The largest absolute Gasteiger partial charge is 0.491 e. The summed E-state index contributed by atoms with van der Waals surface area (Å²) in [5, 5.41) is 0. The van der Waals surface area contributed by atoms with Crippen molar-refractivity contribution < 1.29 is 22.3 Å². The lowest BCUT2D eigenvalue weighted by molar-refractivity contribution is -0.129. The van der Waals surface area contributed by atoms with Gasteiger partial charge in [-0.25, -0.2) is 12.8 Å². The maximum absolute atomic E-state index is 14.0. The van der Waals surface area contributed by atoms with Gasteiger partial charge >= 0.3 is 0 Å². The zero-order valence-electron chi connectivity index (χ0n) is 15.2. The minimum absolute atomic E-state index is 0.00885. The van der Waals surface area contributed by atoms with Crippen LogP contribution in [0.5, 0.6) is 5.75 Å². The van der Waals surface area contributed by atoms with E-state index in [4.69, 9.17) is 4.74 Å². The highest BCUT2D eigenvalue weighted by atomic mass is 32.2. The Hall–Kier alpha value is -2.61. The third-order valence-corrected chi connectivity index (χ3v) is 5.81. The molecule has 1 heterocycles. The third-order valence-electron chi connectivity index (χ3n) is 4.43. The molecular weight excluding hydrogens is 371 g/mol. The van der Waals surface area contributed by atoms with Crippen LogP contribution in [0.25, 0.3) is 0 Å². The summed E-state index contributed by atoms with van der Waals surface area (Å²) in [5.74, 6) is -0.742. The summed E-state index contributed by atoms with van der Waals surface area (Å²) in [6.45, 7) is 4.61. The van der Waals surface area contributed by atoms with E-state index in [1.165, 1.54) is 19.1 Å². The zero-order valence-corrected chi connectivity index (χ0v) is 16.0. The van der Waals surface area contributed by atoms with Gasteiger partial charge in [0, 0.05) is 25.7 Å². The molecule has 2 aromatic rings. The molecule has 0 saturated carbocycles. The van der Waals surface area contributed by atoms with Crippen LogP contribution in [-0.4, -0.2) is 32.4 Å². The molecule has 8 heteroatoms. The number of hydrogen-bond donors (Lipinski definition) is 1. The summed E-state index contributed by atoms with van der Waals surface area (Å²) in [7, 11) is -3.95. The summed E-state index contributed by atoms with van der Waals surface area (Å²) in [6.07, 6.45) is 0.728. The minimum atomic E-state index is -3.95. The molecule has 6 nitrogen and oxygen atoms in total. The van der Waals surface area contributed by atoms with E-state index in [1.54, 1.807) is 24.0 Å². The number of anilines is 1. The maximum atomic E-state index is 14.0. The Bertz CT molecular complexity index is 976. The van der Waals surface area contributed by atoms with Crippen LogP contribution in [0.15, 0.2) is 41.3 Å². The molecule has 144 valence electrons. The molecule has 0 aromatic heterocycles. The van der Waals surface area contributed by atoms with Gasteiger partial charge in [-0.1, -0.05) is 6.07 Å². The average molecular weight is 392 g/mol. The van der Waals surface area contributed by atoms with Gasteiger partial charge in [-0.3, -0.25) is 9.52 Å². The predicted octanol–water partition coefficient (Wildman–Crippen LogP) is 2.93. The van der Waals surface area contributed by atoms with Gasteiger partial charge in [-0.15, -0.1) is 0 Å². The molecule has 0 spiro atoms. The number of nitrogens with one attached hydrogen (secondary N) is 1. The lowest BCUT2D eigenvalue weighted by Gasteiger charge is -2.28. The van der Waals surface area contributed by atoms with Crippen molar-refractivity contribution in [3.05, 3.63) is 53.3 Å². The number of sulfonamides is 1. The number of halogens is 1. The number of rotatable bonds is 5. The van der Waals surface area contributed by atoms with Crippen molar-refractivity contribution >= 4 is 21.6 Å². The number of ether oxygens (including phenoxy) is 1. The van der Waals surface area contributed by atoms with Crippen LogP contribution in [0.3, 0.4) is 0 Å². The maximum Gasteiger partial charge on any atom is 0.262 e. The van der Waals surface area contributed by atoms with E-state index < -0.39 is 15.8 Å². The van der Waals surface area contributed by atoms with Gasteiger partial charge < -0.3 is 9.64 Å². The first-order valence-corrected chi connectivity index (χ1v) is 10.1. The lowest BCUT2D eigenvalue weighted by Crippen LogP contribution is -2.34. The second kappa shape index (κ2) is 7.56. The SMILES string of the molecule is CCOc1ccc(S(=O)(=O)Nc2ccc3c(c2)CN(C(C)=O)CC3)cc1F. The number of carbonyl (C=O) groups is 1. The first kappa shape index (κ1) is 19.2. The standard InChI is InChI=1S/C19H21FN2O4S/c1-3-26-19-7-6-17(11-18(19)20)27(24,25)21-16-5-4-14-8-9-22(13(2)23)12-15(14)10-16/h4-7,10-11,21H,3,8-9,12H2,1-2H3. The van der Waals surface area contributed by atoms with Gasteiger partial charge in [-0.2, -0.15) is 0 Å². The molecule has 0 saturated heterocycles. The fourth-order valence-electron chi connectivity index (χ4n) is 3.02. The molecule has 1 N–H and O–H groups in total. The van der Waals surface area contributed by atoms with E-state index in [1.807, 2.05) is 6.07 Å². The Kier molecular flexibility index (Phi) is 5.36. The van der Waals surface area contributed by atoms with Crippen LogP contribution < -0.4 is 9.46 Å². The highest BCUT2D eigenvalue weighted by Crippen LogP contribution is 2.26. The summed E-state index contributed by atoms with van der Waals surface area (Å²) < 4.78 is 46.7. The first-order chi connectivity index (χ1) is 12.8. The molecule has 0 radical (unpaired) electrons. The Morgan fingerprint density at radius 3 is 2.67 bits per heavy atom. The average Bonchev–Trinajstić information content (AvgIpc) is 2.62. The second-order valence-electron chi connectivity index (χ2n) is 6.30. The quantitative estimate of drug-likeness (QED) is 0.849. The first-order valence-electron chi connectivity index (χ1n) is 8.62. The van der Waals surface area contributed by atoms with Crippen molar-refractivity contribution in [3.8, 4) is 5.75 Å². The molecule has 0 unspecified atom stereocenters. The topological polar surface area (TPSA) is 75.7 Å². The van der Waals surface area contributed by atoms with Crippen molar-refractivity contribution in [2.45, 2.75) is 31.7 Å². The van der Waals surface area contributed by atoms with Crippen molar-refractivity contribution in [2.75, 3.05) is 17.9 Å². The number of nitrogens with zero attached hydrogens (tertiary/aromatic N) is 1. The fourth-order valence-corrected chi connectivity index (χ4v) is 4.09. The van der Waals surface area contributed by atoms with Crippen molar-refractivity contribution in [2.24, 2.45) is 0 Å². The van der Waals surface area contributed by atoms with Crippen LogP contribution in [0, 0.1) is 5.82 Å². The van der Waals surface area contributed by atoms with Crippen molar-refractivity contribution in [1.82, 2.24) is 4.90 Å². The molecule has 0 fully saturated rings. The third kappa shape index (κ3) is 4.21. The number of benzene rings is 2. The lowest BCUT2D eigenvalue weighted by atomic mass is 9.99. The van der Waals surface area contributed by atoms with Gasteiger partial charge in [0.15, 0.2) is 11.6 Å². The van der Waals surface area contributed by atoms with Gasteiger partial charge in [0.2, 0.25) is 5.91 Å². The molecule has 27 heavy (non-hydrogen) atoms. The predicted molar refractivity (Wildman–Crippen MR) is 99.6 cm³/mol. The van der Waals surface area contributed by atoms with Crippen LogP contribution in [0.4, 0.5) is 10.1 Å². The Morgan fingerprint density at radius 1 is 1.22 bits per heavy atom. The minimum Gasteiger partial charge on any atom is -0.491 e. The molecule has 0 aliphatic carbocycles. The number of fused-ring (bicyclic) bond motifs is 1. The van der Waals surface area contributed by atoms with E-state index in [0.29, 0.717) is 18.8 Å². The molecule has 2 aromatic carbocycles. The summed E-state index contributed by atoms with van der Waals surface area (Å²) >= 11 is 0. The summed E-state index contributed by atoms with van der Waals surface area (Å²) in [5.41, 5.74) is 2.35. The van der Waals surface area contributed by atoms with E-state index >= 15 is 0 Å². The molecule has 1 amide bonds. The zero-order chi connectivity index (χ0) is 19.6. The van der Waals surface area contributed by atoms with Gasteiger partial charge in [-0.05, 0) is 54.8 Å². The molecule has 0 bridgehead atoms. The molecule has 1 aliphatic heterocycles. The smallest absolute Gasteiger partial charge is 0.262 e. The molecule has 0 atom stereocenters. The van der Waals surface area contributed by atoms with Gasteiger partial charge in [0.05, 0.1) is 11.5 Å². The van der Waals surface area contributed by atoms with Crippen LogP contribution in [0.1, 0.15) is 25.0 Å². The molecule has 1 aliphatic rings. The monoisotopic (exact) mass is 392 g/mol. The Balaban J connectivity index is 1.83. The number of amides is 1. The normalized spacial score (nSPS) is 13.8. The second-order valence-corrected chi connectivity index (χ2v) is 7.99. The van der Waals surface area contributed by atoms with Gasteiger partial charge in [0.1, 0.15) is 0 Å². The van der Waals surface area contributed by atoms with E-state index in [0.717, 1.165) is 23.6 Å². The van der Waals surface area contributed by atoms with E-state index in [9.17, 15) is 17.6 Å². The summed E-state index contributed by atoms with van der Waals surface area (Å²) in [6, 6.07) is 8.77. The highest BCUT2D eigenvalue weighted by Gasteiger charge is 2.21. The Labute approximate surface area is 158 Å². The highest BCUT2D eigenvalue weighted by molar-refractivity contribution is 7.92. The molecular formula is C19H21FN2O4S. The van der Waals surface area contributed by atoms with Crippen LogP contribution in [0.2, 0.25) is 0 Å². The van der Waals surface area contributed by atoms with Gasteiger partial charge in [0.25, 0.3) is 10.0 Å². The Morgan fingerprint density at radius 2 is 2.00 bits per heavy atom. The summed E-state index contributed by atoms with van der Waals surface area (Å²) in [4.78, 5) is 13.1. The van der Waals surface area contributed by atoms with Crippen LogP contribution in [-0.2, 0) is 27.8 Å². The number of hydrogen-bond acceptors (Lipinski definition) is 4. The van der Waals surface area contributed by atoms with Crippen molar-refractivity contribution in [3.63, 3.8) is 0 Å². The van der Waals surface area contributed by atoms with Crippen molar-refractivity contribution in [1.29, 1.82) is 0 Å². The van der Waals surface area contributed by atoms with E-state index in [2.05, 4.69) is 4.72 Å². The number of carbonyl (C=O) groups excluding carboxylic acids is 1. The molecule has 3 rings (SSSR count). The fraction of sp³-hybridized carbons (Fsp3) is 0.316. The van der Waals surface area contributed by atoms with E-state index in [-0.39, 0.29) is 23.2 Å².